The van der Waals surface area contributed by atoms with Gasteiger partial charge in [0.15, 0.2) is 0 Å². The second kappa shape index (κ2) is 5.27. The fourth-order valence-electron chi connectivity index (χ4n) is 1.47. The maximum atomic E-state index is 11.3. The minimum absolute atomic E-state index is 0.286. The van der Waals surface area contributed by atoms with Crippen molar-refractivity contribution in [2.24, 2.45) is 0 Å². The normalized spacial score (nSPS) is 10.1. The molecule has 5 nitrogen and oxygen atoms in total. The predicted molar refractivity (Wildman–Crippen MR) is 65.2 cm³/mol. The van der Waals surface area contributed by atoms with Gasteiger partial charge in [0.1, 0.15) is 18.1 Å². The topological polar surface area (TPSA) is 74.7 Å². The highest BCUT2D eigenvalue weighted by atomic mass is 16.5. The van der Waals surface area contributed by atoms with Crippen LogP contribution in [0.3, 0.4) is 0 Å². The molecule has 0 fully saturated rings. The molecule has 0 atom stereocenters. The molecule has 1 aromatic carbocycles. The monoisotopic (exact) mass is 247 g/mol. The SMILES string of the molecule is COC(=O)c1ccc(OCc2ccco2)c(N)c1. The summed E-state index contributed by atoms with van der Waals surface area (Å²) in [5.41, 5.74) is 6.56. The Hall–Kier alpha value is -2.43. The summed E-state index contributed by atoms with van der Waals surface area (Å²) < 4.78 is 15.2. The zero-order chi connectivity index (χ0) is 13.0. The van der Waals surface area contributed by atoms with E-state index in [-0.39, 0.29) is 6.61 Å². The summed E-state index contributed by atoms with van der Waals surface area (Å²) in [6.07, 6.45) is 1.57. The van der Waals surface area contributed by atoms with Gasteiger partial charge in [-0.2, -0.15) is 0 Å². The Labute approximate surface area is 104 Å². The molecule has 2 rings (SSSR count). The first kappa shape index (κ1) is 12.0. The molecule has 18 heavy (non-hydrogen) atoms. The molecule has 1 aromatic heterocycles. The predicted octanol–water partition coefficient (Wildman–Crippen LogP) is 2.23. The average Bonchev–Trinajstić information content (AvgIpc) is 2.89. The molecule has 0 radical (unpaired) electrons. The van der Waals surface area contributed by atoms with Gasteiger partial charge in [-0.25, -0.2) is 4.79 Å². The van der Waals surface area contributed by atoms with E-state index >= 15 is 0 Å². The molecule has 0 spiro atoms. The number of hydrogen-bond acceptors (Lipinski definition) is 5. The van der Waals surface area contributed by atoms with E-state index in [1.807, 2.05) is 0 Å². The molecule has 94 valence electrons. The quantitative estimate of drug-likeness (QED) is 0.662. The molecule has 1 heterocycles. The van der Waals surface area contributed by atoms with Crippen LogP contribution in [0.25, 0.3) is 0 Å². The number of nitrogen functional groups attached to an aromatic ring is 1. The number of rotatable bonds is 4. The van der Waals surface area contributed by atoms with Gasteiger partial charge in [-0.3, -0.25) is 0 Å². The molecule has 0 aliphatic heterocycles. The van der Waals surface area contributed by atoms with Crippen molar-refractivity contribution in [1.29, 1.82) is 0 Å². The summed E-state index contributed by atoms with van der Waals surface area (Å²) in [5, 5.41) is 0. The minimum Gasteiger partial charge on any atom is -0.483 e. The van der Waals surface area contributed by atoms with Gasteiger partial charge in [-0.15, -0.1) is 0 Å². The number of nitrogens with two attached hydrogens (primary N) is 1. The van der Waals surface area contributed by atoms with Crippen molar-refractivity contribution >= 4 is 11.7 Å². The summed E-state index contributed by atoms with van der Waals surface area (Å²) in [6.45, 7) is 0.286. The van der Waals surface area contributed by atoms with Gasteiger partial charge in [-0.05, 0) is 30.3 Å². The average molecular weight is 247 g/mol. The van der Waals surface area contributed by atoms with Crippen LogP contribution in [0.1, 0.15) is 16.1 Å². The zero-order valence-electron chi connectivity index (χ0n) is 9.88. The summed E-state index contributed by atoms with van der Waals surface area (Å²) in [4.78, 5) is 11.3. The Morgan fingerprint density at radius 3 is 2.83 bits per heavy atom. The summed E-state index contributed by atoms with van der Waals surface area (Å²) >= 11 is 0. The first-order valence-corrected chi connectivity index (χ1v) is 5.33. The summed E-state index contributed by atoms with van der Waals surface area (Å²) in [5.74, 6) is 0.768. The third kappa shape index (κ3) is 2.63. The summed E-state index contributed by atoms with van der Waals surface area (Å²) in [7, 11) is 1.32. The lowest BCUT2D eigenvalue weighted by Crippen LogP contribution is -2.04. The van der Waals surface area contributed by atoms with E-state index in [1.165, 1.54) is 13.2 Å². The molecular weight excluding hydrogens is 234 g/mol. The van der Waals surface area contributed by atoms with Crippen LogP contribution in [0.4, 0.5) is 5.69 Å². The van der Waals surface area contributed by atoms with Crippen molar-refractivity contribution in [3.63, 3.8) is 0 Å². The Kier molecular flexibility index (Phi) is 3.52. The van der Waals surface area contributed by atoms with Crippen molar-refractivity contribution < 1.29 is 18.7 Å². The molecule has 2 aromatic rings. The lowest BCUT2D eigenvalue weighted by atomic mass is 10.2. The van der Waals surface area contributed by atoms with Crippen molar-refractivity contribution in [1.82, 2.24) is 0 Å². The highest BCUT2D eigenvalue weighted by Crippen LogP contribution is 2.24. The second-order valence-corrected chi connectivity index (χ2v) is 3.61. The summed E-state index contributed by atoms with van der Waals surface area (Å²) in [6, 6.07) is 8.33. The zero-order valence-corrected chi connectivity index (χ0v) is 9.88. The Bertz CT molecular complexity index is 534. The van der Waals surface area contributed by atoms with Crippen molar-refractivity contribution in [2.75, 3.05) is 12.8 Å². The number of ether oxygens (including phenoxy) is 2. The van der Waals surface area contributed by atoms with Crippen molar-refractivity contribution in [2.45, 2.75) is 6.61 Å². The Morgan fingerprint density at radius 2 is 2.22 bits per heavy atom. The number of carbonyl (C=O) groups excluding carboxylic acids is 1. The molecule has 2 N–H and O–H groups in total. The molecule has 0 saturated carbocycles. The molecule has 0 aliphatic carbocycles. The van der Waals surface area contributed by atoms with E-state index in [0.717, 1.165) is 0 Å². The van der Waals surface area contributed by atoms with Crippen LogP contribution < -0.4 is 10.5 Å². The fourth-order valence-corrected chi connectivity index (χ4v) is 1.47. The highest BCUT2D eigenvalue weighted by Gasteiger charge is 2.09. The highest BCUT2D eigenvalue weighted by molar-refractivity contribution is 5.90. The standard InChI is InChI=1S/C13H13NO4/c1-16-13(15)9-4-5-12(11(14)7-9)18-8-10-3-2-6-17-10/h2-7H,8,14H2,1H3. The molecular formula is C13H13NO4. The van der Waals surface area contributed by atoms with Crippen LogP contribution in [-0.2, 0) is 11.3 Å². The first-order chi connectivity index (χ1) is 8.70. The van der Waals surface area contributed by atoms with Crippen LogP contribution in [-0.4, -0.2) is 13.1 Å². The fraction of sp³-hybridized carbons (Fsp3) is 0.154. The van der Waals surface area contributed by atoms with E-state index in [1.54, 1.807) is 30.5 Å². The van der Waals surface area contributed by atoms with E-state index in [9.17, 15) is 4.79 Å². The largest absolute Gasteiger partial charge is 0.483 e. The van der Waals surface area contributed by atoms with Gasteiger partial charge < -0.3 is 19.6 Å². The van der Waals surface area contributed by atoms with Gasteiger partial charge in [-0.1, -0.05) is 0 Å². The van der Waals surface area contributed by atoms with Gasteiger partial charge >= 0.3 is 5.97 Å². The number of methoxy groups -OCH3 is 1. The first-order valence-electron chi connectivity index (χ1n) is 5.33. The number of esters is 1. The number of furan rings is 1. The lowest BCUT2D eigenvalue weighted by molar-refractivity contribution is 0.0600. The number of benzene rings is 1. The van der Waals surface area contributed by atoms with Gasteiger partial charge in [0.2, 0.25) is 0 Å². The van der Waals surface area contributed by atoms with Crippen molar-refractivity contribution in [3.05, 3.63) is 47.9 Å². The lowest BCUT2D eigenvalue weighted by Gasteiger charge is -2.08. The van der Waals surface area contributed by atoms with Crippen LogP contribution >= 0.6 is 0 Å². The molecule has 5 heteroatoms. The van der Waals surface area contributed by atoms with Gasteiger partial charge in [0, 0.05) is 0 Å². The third-order valence-electron chi connectivity index (χ3n) is 2.38. The maximum absolute atomic E-state index is 11.3. The molecule has 0 bridgehead atoms. The van der Waals surface area contributed by atoms with E-state index in [0.29, 0.717) is 22.8 Å². The second-order valence-electron chi connectivity index (χ2n) is 3.61. The van der Waals surface area contributed by atoms with Crippen LogP contribution in [0.2, 0.25) is 0 Å². The Morgan fingerprint density at radius 1 is 1.39 bits per heavy atom. The van der Waals surface area contributed by atoms with E-state index in [4.69, 9.17) is 14.9 Å². The molecule has 0 saturated heterocycles. The third-order valence-corrected chi connectivity index (χ3v) is 2.38. The molecule has 0 unspecified atom stereocenters. The van der Waals surface area contributed by atoms with Crippen LogP contribution in [0, 0.1) is 0 Å². The van der Waals surface area contributed by atoms with Crippen LogP contribution in [0.15, 0.2) is 41.0 Å². The number of anilines is 1. The smallest absolute Gasteiger partial charge is 0.337 e. The van der Waals surface area contributed by atoms with E-state index < -0.39 is 5.97 Å². The van der Waals surface area contributed by atoms with Crippen LogP contribution in [0.5, 0.6) is 5.75 Å². The Balaban J connectivity index is 2.08. The minimum atomic E-state index is -0.431. The van der Waals surface area contributed by atoms with Crippen molar-refractivity contribution in [3.8, 4) is 5.75 Å². The van der Waals surface area contributed by atoms with Gasteiger partial charge in [0.25, 0.3) is 0 Å². The number of carbonyl (C=O) groups is 1. The van der Waals surface area contributed by atoms with E-state index in [2.05, 4.69) is 4.74 Å². The number of hydrogen-bond donors (Lipinski definition) is 1. The molecule has 0 aliphatic rings. The maximum Gasteiger partial charge on any atom is 0.337 e. The van der Waals surface area contributed by atoms with Gasteiger partial charge in [0.05, 0.1) is 24.6 Å². The molecule has 0 amide bonds.